The summed E-state index contributed by atoms with van der Waals surface area (Å²) >= 11 is 0. The standard InChI is InChI=1S/C22H25N5O3/c1-22(2)11-14-9-17(19(10-18(14)30-22)29-13-15-5-3-6-23-15)26-21(28)16-12-25-27-8-4-7-24-20(16)27/h4,7-10,12,15,23H,3,5-6,11,13H2,1-2H3,(H,26,28)/t15-/m1/s1. The monoisotopic (exact) mass is 407 g/mol. The molecule has 0 radical (unpaired) electrons. The Balaban J connectivity index is 1.44. The van der Waals surface area contributed by atoms with Crippen LogP contribution in [0.2, 0.25) is 0 Å². The maximum absolute atomic E-state index is 13.0. The summed E-state index contributed by atoms with van der Waals surface area (Å²) in [5, 5.41) is 10.6. The number of benzene rings is 1. The zero-order valence-electron chi connectivity index (χ0n) is 17.1. The molecule has 2 N–H and O–H groups in total. The lowest BCUT2D eigenvalue weighted by Crippen LogP contribution is -2.28. The van der Waals surface area contributed by atoms with E-state index in [1.54, 1.807) is 23.0 Å². The molecule has 1 atom stereocenters. The van der Waals surface area contributed by atoms with E-state index in [4.69, 9.17) is 9.47 Å². The van der Waals surface area contributed by atoms with E-state index in [1.807, 2.05) is 12.1 Å². The van der Waals surface area contributed by atoms with Crippen molar-refractivity contribution in [2.75, 3.05) is 18.5 Å². The van der Waals surface area contributed by atoms with Crippen LogP contribution in [0.1, 0.15) is 42.6 Å². The average Bonchev–Trinajstić information content (AvgIpc) is 3.43. The minimum atomic E-state index is -0.276. The third-order valence-corrected chi connectivity index (χ3v) is 5.54. The number of aromatic nitrogens is 3. The summed E-state index contributed by atoms with van der Waals surface area (Å²) in [6.45, 7) is 5.67. The molecule has 1 aromatic carbocycles. The summed E-state index contributed by atoms with van der Waals surface area (Å²) < 4.78 is 13.8. The summed E-state index contributed by atoms with van der Waals surface area (Å²) in [5.41, 5.74) is 2.34. The Hall–Kier alpha value is -3.13. The second-order valence-electron chi connectivity index (χ2n) is 8.50. The number of anilines is 1. The highest BCUT2D eigenvalue weighted by Gasteiger charge is 2.32. The first kappa shape index (κ1) is 18.9. The van der Waals surface area contributed by atoms with Gasteiger partial charge in [0.1, 0.15) is 29.3 Å². The van der Waals surface area contributed by atoms with Crippen molar-refractivity contribution in [3.63, 3.8) is 0 Å². The maximum atomic E-state index is 13.0. The highest BCUT2D eigenvalue weighted by Crippen LogP contribution is 2.41. The molecule has 1 amide bonds. The van der Waals surface area contributed by atoms with Crippen LogP contribution >= 0.6 is 0 Å². The Labute approximate surface area is 174 Å². The zero-order valence-corrected chi connectivity index (χ0v) is 17.1. The summed E-state index contributed by atoms with van der Waals surface area (Å²) in [5.74, 6) is 1.15. The molecule has 8 nitrogen and oxygen atoms in total. The molecular weight excluding hydrogens is 382 g/mol. The van der Waals surface area contributed by atoms with Crippen molar-refractivity contribution in [3.05, 3.63) is 47.9 Å². The van der Waals surface area contributed by atoms with Crippen LogP contribution in [0.4, 0.5) is 5.69 Å². The van der Waals surface area contributed by atoms with E-state index < -0.39 is 0 Å². The Morgan fingerprint density at radius 2 is 2.33 bits per heavy atom. The van der Waals surface area contributed by atoms with E-state index >= 15 is 0 Å². The Morgan fingerprint density at radius 1 is 1.43 bits per heavy atom. The van der Waals surface area contributed by atoms with Crippen LogP contribution < -0.4 is 20.1 Å². The highest BCUT2D eigenvalue weighted by molar-refractivity contribution is 6.08. The van der Waals surface area contributed by atoms with Crippen LogP contribution in [0.25, 0.3) is 5.65 Å². The Kier molecular flexibility index (Phi) is 4.58. The van der Waals surface area contributed by atoms with Gasteiger partial charge in [-0.05, 0) is 45.4 Å². The number of fused-ring (bicyclic) bond motifs is 2. The summed E-state index contributed by atoms with van der Waals surface area (Å²) in [6, 6.07) is 5.94. The van der Waals surface area contributed by atoms with Crippen molar-refractivity contribution in [2.45, 2.75) is 44.8 Å². The molecule has 4 heterocycles. The minimum Gasteiger partial charge on any atom is -0.490 e. The van der Waals surface area contributed by atoms with Crippen LogP contribution in [-0.2, 0) is 6.42 Å². The van der Waals surface area contributed by atoms with Gasteiger partial charge in [0.2, 0.25) is 0 Å². The molecule has 8 heteroatoms. The molecule has 5 rings (SSSR count). The lowest BCUT2D eigenvalue weighted by atomic mass is 10.0. The quantitative estimate of drug-likeness (QED) is 0.676. The molecule has 0 aliphatic carbocycles. The number of nitrogens with one attached hydrogen (secondary N) is 2. The normalized spacial score (nSPS) is 19.5. The summed E-state index contributed by atoms with van der Waals surface area (Å²) in [7, 11) is 0. The van der Waals surface area contributed by atoms with Crippen molar-refractivity contribution in [2.24, 2.45) is 0 Å². The predicted octanol–water partition coefficient (Wildman–Crippen LogP) is 2.83. The summed E-state index contributed by atoms with van der Waals surface area (Å²) in [6.07, 6.45) is 7.95. The second kappa shape index (κ2) is 7.28. The van der Waals surface area contributed by atoms with E-state index in [2.05, 4.69) is 34.6 Å². The minimum absolute atomic E-state index is 0.273. The highest BCUT2D eigenvalue weighted by atomic mass is 16.5. The first-order chi connectivity index (χ1) is 14.5. The van der Waals surface area contributed by atoms with Gasteiger partial charge in [-0.1, -0.05) is 0 Å². The number of hydrogen-bond donors (Lipinski definition) is 2. The number of carbonyl (C=O) groups is 1. The third kappa shape index (κ3) is 3.59. The number of carbonyl (C=O) groups excluding carboxylic acids is 1. The number of amides is 1. The maximum Gasteiger partial charge on any atom is 0.261 e. The SMILES string of the molecule is CC1(C)Cc2cc(NC(=O)c3cnn4cccnc34)c(OC[C@H]3CCCN3)cc2O1. The molecule has 1 saturated heterocycles. The number of hydrogen-bond acceptors (Lipinski definition) is 6. The van der Waals surface area contributed by atoms with E-state index in [-0.39, 0.29) is 11.5 Å². The largest absolute Gasteiger partial charge is 0.490 e. The van der Waals surface area contributed by atoms with Gasteiger partial charge in [-0.3, -0.25) is 4.79 Å². The van der Waals surface area contributed by atoms with E-state index in [0.29, 0.717) is 35.3 Å². The van der Waals surface area contributed by atoms with Crippen molar-refractivity contribution in [1.29, 1.82) is 0 Å². The lowest BCUT2D eigenvalue weighted by Gasteiger charge is -2.18. The molecule has 0 bridgehead atoms. The van der Waals surface area contributed by atoms with Crippen LogP contribution in [0, 0.1) is 0 Å². The molecule has 2 aromatic heterocycles. The first-order valence-electron chi connectivity index (χ1n) is 10.3. The zero-order chi connectivity index (χ0) is 20.7. The van der Waals surface area contributed by atoms with E-state index in [1.165, 1.54) is 6.20 Å². The summed E-state index contributed by atoms with van der Waals surface area (Å²) in [4.78, 5) is 17.3. The van der Waals surface area contributed by atoms with Crippen molar-refractivity contribution in [1.82, 2.24) is 19.9 Å². The van der Waals surface area contributed by atoms with Gasteiger partial charge >= 0.3 is 0 Å². The van der Waals surface area contributed by atoms with Crippen molar-refractivity contribution < 1.29 is 14.3 Å². The van der Waals surface area contributed by atoms with Crippen LogP contribution in [-0.4, -0.2) is 45.3 Å². The Bertz CT molecular complexity index is 1100. The fraction of sp³-hybridized carbons (Fsp3) is 0.409. The fourth-order valence-corrected chi connectivity index (χ4v) is 4.12. The molecule has 156 valence electrons. The van der Waals surface area contributed by atoms with Gasteiger partial charge in [-0.15, -0.1) is 0 Å². The fourth-order valence-electron chi connectivity index (χ4n) is 4.12. The predicted molar refractivity (Wildman–Crippen MR) is 112 cm³/mol. The van der Waals surface area contributed by atoms with Crippen molar-refractivity contribution >= 4 is 17.2 Å². The van der Waals surface area contributed by atoms with Crippen LogP contribution in [0.3, 0.4) is 0 Å². The van der Waals surface area contributed by atoms with Gasteiger partial charge in [0.15, 0.2) is 5.65 Å². The van der Waals surface area contributed by atoms with E-state index in [0.717, 1.165) is 37.1 Å². The Morgan fingerprint density at radius 3 is 3.17 bits per heavy atom. The third-order valence-electron chi connectivity index (χ3n) is 5.54. The van der Waals surface area contributed by atoms with Crippen molar-refractivity contribution in [3.8, 4) is 11.5 Å². The molecule has 2 aliphatic rings. The molecule has 2 aliphatic heterocycles. The van der Waals surface area contributed by atoms with Gasteiger partial charge in [0.05, 0.1) is 11.9 Å². The molecule has 3 aromatic rings. The van der Waals surface area contributed by atoms with Crippen LogP contribution in [0.5, 0.6) is 11.5 Å². The molecule has 0 unspecified atom stereocenters. The smallest absolute Gasteiger partial charge is 0.261 e. The van der Waals surface area contributed by atoms with Crippen LogP contribution in [0.15, 0.2) is 36.8 Å². The molecule has 1 fully saturated rings. The lowest BCUT2D eigenvalue weighted by molar-refractivity contribution is 0.102. The van der Waals surface area contributed by atoms with E-state index in [9.17, 15) is 4.79 Å². The van der Waals surface area contributed by atoms with Gasteiger partial charge in [0.25, 0.3) is 5.91 Å². The second-order valence-corrected chi connectivity index (χ2v) is 8.50. The molecule has 30 heavy (non-hydrogen) atoms. The number of nitrogens with zero attached hydrogens (tertiary/aromatic N) is 3. The number of ether oxygens (including phenoxy) is 2. The molecule has 0 spiro atoms. The van der Waals surface area contributed by atoms with Gasteiger partial charge in [-0.2, -0.15) is 5.10 Å². The molecular formula is C22H25N5O3. The average molecular weight is 407 g/mol. The topological polar surface area (TPSA) is 89.8 Å². The number of rotatable bonds is 5. The van der Waals surface area contributed by atoms with Gasteiger partial charge < -0.3 is 20.1 Å². The van der Waals surface area contributed by atoms with Gasteiger partial charge in [-0.25, -0.2) is 9.50 Å². The first-order valence-corrected chi connectivity index (χ1v) is 10.3. The van der Waals surface area contributed by atoms with Gasteiger partial charge in [0, 0.05) is 36.5 Å². The molecule has 0 saturated carbocycles.